The Kier molecular flexibility index (Phi) is 4.68. The molecule has 112 valence electrons. The molecule has 0 spiro atoms. The van der Waals surface area contributed by atoms with Crippen molar-refractivity contribution in [2.75, 3.05) is 7.11 Å². The van der Waals surface area contributed by atoms with Crippen molar-refractivity contribution in [3.05, 3.63) is 71.7 Å². The zero-order chi connectivity index (χ0) is 16.1. The van der Waals surface area contributed by atoms with E-state index in [2.05, 4.69) is 16.9 Å². The van der Waals surface area contributed by atoms with Gasteiger partial charge in [0.15, 0.2) is 5.71 Å². The molecule has 5 nitrogen and oxygen atoms in total. The number of hydrogen-bond donors (Lipinski definition) is 2. The minimum absolute atomic E-state index is 0.173. The van der Waals surface area contributed by atoms with Crippen molar-refractivity contribution >= 4 is 17.4 Å². The monoisotopic (exact) mass is 295 g/mol. The van der Waals surface area contributed by atoms with Gasteiger partial charge < -0.3 is 15.5 Å². The molecule has 5 heteroatoms. The van der Waals surface area contributed by atoms with Crippen LogP contribution >= 0.6 is 0 Å². The van der Waals surface area contributed by atoms with E-state index in [9.17, 15) is 4.79 Å². The SMILES string of the molecule is C=C(C)C1=CC(C(=O)OC)=N/C(=C/C(=N)c2ccccc2)N1. The van der Waals surface area contributed by atoms with Crippen LogP contribution in [0.2, 0.25) is 0 Å². The second-order valence-corrected chi connectivity index (χ2v) is 4.76. The van der Waals surface area contributed by atoms with Crippen LogP contribution in [0, 0.1) is 5.41 Å². The number of carbonyl (C=O) groups is 1. The third-order valence-electron chi connectivity index (χ3n) is 3.00. The van der Waals surface area contributed by atoms with Crippen molar-refractivity contribution in [1.82, 2.24) is 5.32 Å². The van der Waals surface area contributed by atoms with Crippen LogP contribution in [0.1, 0.15) is 12.5 Å². The van der Waals surface area contributed by atoms with E-state index in [1.54, 1.807) is 12.2 Å². The van der Waals surface area contributed by atoms with Crippen LogP contribution in [-0.4, -0.2) is 24.5 Å². The summed E-state index contributed by atoms with van der Waals surface area (Å²) in [5.74, 6) is -0.132. The summed E-state index contributed by atoms with van der Waals surface area (Å²) in [5, 5.41) is 11.2. The Labute approximate surface area is 129 Å². The fourth-order valence-corrected chi connectivity index (χ4v) is 1.85. The number of benzene rings is 1. The molecule has 1 aromatic rings. The molecule has 0 radical (unpaired) electrons. The van der Waals surface area contributed by atoms with Gasteiger partial charge in [0, 0.05) is 11.8 Å². The molecule has 1 heterocycles. The Morgan fingerprint density at radius 3 is 2.64 bits per heavy atom. The highest BCUT2D eigenvalue weighted by Crippen LogP contribution is 2.14. The molecular formula is C17H17N3O2. The van der Waals surface area contributed by atoms with Gasteiger partial charge in [-0.25, -0.2) is 9.79 Å². The highest BCUT2D eigenvalue weighted by Gasteiger charge is 2.17. The van der Waals surface area contributed by atoms with E-state index in [-0.39, 0.29) is 5.71 Å². The van der Waals surface area contributed by atoms with Crippen molar-refractivity contribution in [3.63, 3.8) is 0 Å². The van der Waals surface area contributed by atoms with Crippen molar-refractivity contribution < 1.29 is 9.53 Å². The summed E-state index contributed by atoms with van der Waals surface area (Å²) in [4.78, 5) is 15.9. The second-order valence-electron chi connectivity index (χ2n) is 4.76. The first-order valence-electron chi connectivity index (χ1n) is 6.68. The zero-order valence-corrected chi connectivity index (χ0v) is 12.5. The van der Waals surface area contributed by atoms with Crippen LogP contribution in [-0.2, 0) is 9.53 Å². The number of methoxy groups -OCH3 is 1. The number of aliphatic imine (C=N–C) groups is 1. The predicted molar refractivity (Wildman–Crippen MR) is 86.8 cm³/mol. The average Bonchev–Trinajstić information content (AvgIpc) is 2.54. The lowest BCUT2D eigenvalue weighted by Gasteiger charge is -2.17. The summed E-state index contributed by atoms with van der Waals surface area (Å²) in [6, 6.07) is 9.28. The molecular weight excluding hydrogens is 278 g/mol. The number of nitrogens with zero attached hydrogens (tertiary/aromatic N) is 1. The standard InChI is InChI=1S/C17H17N3O2/c1-11(2)14-10-15(17(21)22-3)20-16(19-14)9-13(18)12-7-5-4-6-8-12/h4-10,18-19H,1H2,2-3H3/b16-9+,18-13?. The number of ether oxygens (including phenoxy) is 1. The topological polar surface area (TPSA) is 74.5 Å². The van der Waals surface area contributed by atoms with Crippen molar-refractivity contribution in [1.29, 1.82) is 5.41 Å². The van der Waals surface area contributed by atoms with Crippen LogP contribution in [0.15, 0.2) is 71.1 Å². The van der Waals surface area contributed by atoms with E-state index in [0.29, 0.717) is 17.2 Å². The number of nitrogens with one attached hydrogen (secondary N) is 2. The molecule has 1 aromatic carbocycles. The highest BCUT2D eigenvalue weighted by molar-refractivity contribution is 6.41. The van der Waals surface area contributed by atoms with E-state index in [0.717, 1.165) is 11.1 Å². The molecule has 2 rings (SSSR count). The Hall–Kier alpha value is -2.95. The zero-order valence-electron chi connectivity index (χ0n) is 12.5. The lowest BCUT2D eigenvalue weighted by Crippen LogP contribution is -2.25. The van der Waals surface area contributed by atoms with E-state index in [1.165, 1.54) is 7.11 Å². The largest absolute Gasteiger partial charge is 0.464 e. The minimum Gasteiger partial charge on any atom is -0.464 e. The second kappa shape index (κ2) is 6.67. The van der Waals surface area contributed by atoms with Crippen LogP contribution in [0.4, 0.5) is 0 Å². The number of esters is 1. The van der Waals surface area contributed by atoms with E-state index in [4.69, 9.17) is 10.1 Å². The molecule has 1 aliphatic heterocycles. The summed E-state index contributed by atoms with van der Waals surface area (Å²) in [5.41, 5.74) is 2.65. The maximum absolute atomic E-state index is 11.7. The smallest absolute Gasteiger partial charge is 0.356 e. The maximum atomic E-state index is 11.7. The lowest BCUT2D eigenvalue weighted by atomic mass is 10.1. The molecule has 0 fully saturated rings. The van der Waals surface area contributed by atoms with Crippen LogP contribution in [0.3, 0.4) is 0 Å². The molecule has 2 N–H and O–H groups in total. The minimum atomic E-state index is -0.530. The molecule has 0 bridgehead atoms. The number of carbonyl (C=O) groups excluding carboxylic acids is 1. The van der Waals surface area contributed by atoms with E-state index < -0.39 is 5.97 Å². The van der Waals surface area contributed by atoms with Gasteiger partial charge in [-0.1, -0.05) is 36.9 Å². The first-order valence-corrected chi connectivity index (χ1v) is 6.68. The van der Waals surface area contributed by atoms with Gasteiger partial charge in [-0.15, -0.1) is 0 Å². The summed E-state index contributed by atoms with van der Waals surface area (Å²) >= 11 is 0. The van der Waals surface area contributed by atoms with Gasteiger partial charge in [0.25, 0.3) is 0 Å². The van der Waals surface area contributed by atoms with Crippen LogP contribution in [0.5, 0.6) is 0 Å². The lowest BCUT2D eigenvalue weighted by molar-refractivity contribution is -0.132. The third kappa shape index (κ3) is 3.58. The normalized spacial score (nSPS) is 15.5. The van der Waals surface area contributed by atoms with Gasteiger partial charge >= 0.3 is 5.97 Å². The molecule has 0 atom stereocenters. The highest BCUT2D eigenvalue weighted by atomic mass is 16.5. The Balaban J connectivity index is 2.34. The summed E-state index contributed by atoms with van der Waals surface area (Å²) in [6.07, 6.45) is 3.14. The van der Waals surface area contributed by atoms with Gasteiger partial charge in [0.2, 0.25) is 0 Å². The van der Waals surface area contributed by atoms with Crippen molar-refractivity contribution in [3.8, 4) is 0 Å². The van der Waals surface area contributed by atoms with Gasteiger partial charge in [-0.2, -0.15) is 0 Å². The molecule has 0 saturated carbocycles. The molecule has 0 unspecified atom stereocenters. The number of hydrogen-bond acceptors (Lipinski definition) is 5. The van der Waals surface area contributed by atoms with Crippen LogP contribution < -0.4 is 5.32 Å². The molecule has 22 heavy (non-hydrogen) atoms. The number of rotatable bonds is 4. The summed E-state index contributed by atoms with van der Waals surface area (Å²) in [7, 11) is 1.30. The first kappa shape index (κ1) is 15.4. The molecule has 1 aliphatic rings. The third-order valence-corrected chi connectivity index (χ3v) is 3.00. The van der Waals surface area contributed by atoms with Crippen molar-refractivity contribution in [2.24, 2.45) is 4.99 Å². The Morgan fingerprint density at radius 2 is 2.05 bits per heavy atom. The summed E-state index contributed by atoms with van der Waals surface area (Å²) < 4.78 is 4.70. The Bertz CT molecular complexity index is 713. The Morgan fingerprint density at radius 1 is 1.36 bits per heavy atom. The van der Waals surface area contributed by atoms with Crippen LogP contribution in [0.25, 0.3) is 0 Å². The van der Waals surface area contributed by atoms with Gasteiger partial charge in [-0.3, -0.25) is 0 Å². The van der Waals surface area contributed by atoms with Gasteiger partial charge in [-0.05, 0) is 24.1 Å². The average molecular weight is 295 g/mol. The first-order chi connectivity index (χ1) is 10.5. The quantitative estimate of drug-likeness (QED) is 0.662. The molecule has 0 aromatic heterocycles. The fourth-order valence-electron chi connectivity index (χ4n) is 1.85. The molecule has 0 amide bonds. The fraction of sp³-hybridized carbons (Fsp3) is 0.118. The maximum Gasteiger partial charge on any atom is 0.356 e. The van der Waals surface area contributed by atoms with Gasteiger partial charge in [0.05, 0.1) is 12.8 Å². The van der Waals surface area contributed by atoms with E-state index >= 15 is 0 Å². The summed E-state index contributed by atoms with van der Waals surface area (Å²) in [6.45, 7) is 5.67. The number of allylic oxidation sites excluding steroid dienone is 2. The molecule has 0 saturated heterocycles. The van der Waals surface area contributed by atoms with Gasteiger partial charge in [0.1, 0.15) is 5.82 Å². The predicted octanol–water partition coefficient (Wildman–Crippen LogP) is 2.57. The van der Waals surface area contributed by atoms with E-state index in [1.807, 2.05) is 37.3 Å². The van der Waals surface area contributed by atoms with Crippen molar-refractivity contribution in [2.45, 2.75) is 6.92 Å². The molecule has 0 aliphatic carbocycles.